The van der Waals surface area contributed by atoms with Gasteiger partial charge < -0.3 is 9.84 Å². The van der Waals surface area contributed by atoms with E-state index in [9.17, 15) is 5.11 Å². The molecule has 0 aliphatic heterocycles. The molecule has 2 heteroatoms. The Hall–Kier alpha value is -0.0800. The van der Waals surface area contributed by atoms with Crippen molar-refractivity contribution in [2.45, 2.75) is 77.2 Å². The number of methoxy groups -OCH3 is 1. The maximum Gasteiger partial charge on any atom is 0.0562 e. The van der Waals surface area contributed by atoms with Crippen LogP contribution in [-0.2, 0) is 4.74 Å². The second-order valence-corrected chi connectivity index (χ2v) is 4.70. The van der Waals surface area contributed by atoms with Gasteiger partial charge in [-0.15, -0.1) is 0 Å². The Morgan fingerprint density at radius 3 is 2.00 bits per heavy atom. The molecule has 0 radical (unpaired) electrons. The van der Waals surface area contributed by atoms with Crippen molar-refractivity contribution >= 4 is 0 Å². The summed E-state index contributed by atoms with van der Waals surface area (Å²) in [5, 5.41) is 9.57. The molecule has 16 heavy (non-hydrogen) atoms. The molecule has 1 unspecified atom stereocenters. The molecule has 0 heterocycles. The Morgan fingerprint density at radius 2 is 1.44 bits per heavy atom. The van der Waals surface area contributed by atoms with Crippen LogP contribution in [0.25, 0.3) is 0 Å². The van der Waals surface area contributed by atoms with E-state index >= 15 is 0 Å². The van der Waals surface area contributed by atoms with Crippen molar-refractivity contribution in [3.8, 4) is 0 Å². The fourth-order valence-corrected chi connectivity index (χ4v) is 1.91. The molecule has 0 aromatic carbocycles. The second-order valence-electron chi connectivity index (χ2n) is 4.70. The SMILES string of the molecule is CCCCCCCCCCC(O)CCOC. The summed E-state index contributed by atoms with van der Waals surface area (Å²) < 4.78 is 4.93. The Morgan fingerprint density at radius 1 is 0.875 bits per heavy atom. The summed E-state index contributed by atoms with van der Waals surface area (Å²) in [6.45, 7) is 2.93. The van der Waals surface area contributed by atoms with Gasteiger partial charge in [0, 0.05) is 13.7 Å². The Labute approximate surface area is 101 Å². The highest BCUT2D eigenvalue weighted by Gasteiger charge is 2.02. The van der Waals surface area contributed by atoms with E-state index in [4.69, 9.17) is 4.74 Å². The van der Waals surface area contributed by atoms with E-state index in [1.807, 2.05) is 0 Å². The first-order valence-corrected chi connectivity index (χ1v) is 6.98. The maximum atomic E-state index is 9.57. The van der Waals surface area contributed by atoms with Crippen molar-refractivity contribution < 1.29 is 9.84 Å². The number of hydrogen-bond donors (Lipinski definition) is 1. The molecule has 1 N–H and O–H groups in total. The summed E-state index contributed by atoms with van der Waals surface area (Å²) in [5.74, 6) is 0. The monoisotopic (exact) mass is 230 g/mol. The lowest BCUT2D eigenvalue weighted by molar-refractivity contribution is 0.102. The normalized spacial score (nSPS) is 12.9. The van der Waals surface area contributed by atoms with Crippen molar-refractivity contribution in [3.05, 3.63) is 0 Å². The molecule has 0 rings (SSSR count). The molecule has 98 valence electrons. The number of rotatable bonds is 12. The zero-order chi connectivity index (χ0) is 12.1. The summed E-state index contributed by atoms with van der Waals surface area (Å²) >= 11 is 0. The van der Waals surface area contributed by atoms with Gasteiger partial charge in [-0.05, 0) is 12.8 Å². The van der Waals surface area contributed by atoms with Crippen LogP contribution in [0.4, 0.5) is 0 Å². The van der Waals surface area contributed by atoms with Gasteiger partial charge in [0.2, 0.25) is 0 Å². The lowest BCUT2D eigenvalue weighted by Crippen LogP contribution is -2.09. The van der Waals surface area contributed by atoms with Gasteiger partial charge in [-0.2, -0.15) is 0 Å². The third-order valence-corrected chi connectivity index (χ3v) is 3.05. The number of aliphatic hydroxyl groups excluding tert-OH is 1. The summed E-state index contributed by atoms with van der Waals surface area (Å²) in [7, 11) is 1.68. The van der Waals surface area contributed by atoms with Crippen molar-refractivity contribution in [3.63, 3.8) is 0 Å². The summed E-state index contributed by atoms with van der Waals surface area (Å²) in [6, 6.07) is 0. The van der Waals surface area contributed by atoms with Crippen LogP contribution in [0.1, 0.15) is 71.1 Å². The summed E-state index contributed by atoms with van der Waals surface area (Å²) in [5.41, 5.74) is 0. The second kappa shape index (κ2) is 13.0. The van der Waals surface area contributed by atoms with Gasteiger partial charge in [-0.1, -0.05) is 58.3 Å². The first-order valence-electron chi connectivity index (χ1n) is 6.98. The van der Waals surface area contributed by atoms with Gasteiger partial charge >= 0.3 is 0 Å². The number of unbranched alkanes of at least 4 members (excludes halogenated alkanes) is 7. The Kier molecular flexibility index (Phi) is 12.9. The largest absolute Gasteiger partial charge is 0.393 e. The van der Waals surface area contributed by atoms with Crippen LogP contribution >= 0.6 is 0 Å². The van der Waals surface area contributed by atoms with Crippen LogP contribution < -0.4 is 0 Å². The number of hydrogen-bond acceptors (Lipinski definition) is 2. The van der Waals surface area contributed by atoms with Gasteiger partial charge in [-0.25, -0.2) is 0 Å². The minimum absolute atomic E-state index is 0.153. The first kappa shape index (κ1) is 15.9. The van der Waals surface area contributed by atoms with Crippen molar-refractivity contribution in [2.75, 3.05) is 13.7 Å². The molecule has 0 saturated heterocycles. The Balaban J connectivity index is 3.02. The van der Waals surface area contributed by atoms with Crippen LogP contribution in [-0.4, -0.2) is 24.9 Å². The lowest BCUT2D eigenvalue weighted by Gasteiger charge is -2.09. The molecule has 2 nitrogen and oxygen atoms in total. The van der Waals surface area contributed by atoms with Gasteiger partial charge in [0.05, 0.1) is 6.10 Å². The van der Waals surface area contributed by atoms with E-state index in [1.165, 1.54) is 51.4 Å². The summed E-state index contributed by atoms with van der Waals surface area (Å²) in [4.78, 5) is 0. The average Bonchev–Trinajstić information content (AvgIpc) is 2.30. The highest BCUT2D eigenvalue weighted by molar-refractivity contribution is 4.55. The molecule has 0 bridgehead atoms. The van der Waals surface area contributed by atoms with Crippen molar-refractivity contribution in [1.82, 2.24) is 0 Å². The van der Waals surface area contributed by atoms with Crippen molar-refractivity contribution in [1.29, 1.82) is 0 Å². The zero-order valence-corrected chi connectivity index (χ0v) is 11.2. The maximum absolute atomic E-state index is 9.57. The molecular formula is C14H30O2. The van der Waals surface area contributed by atoms with Gasteiger partial charge in [0.25, 0.3) is 0 Å². The minimum atomic E-state index is -0.153. The highest BCUT2D eigenvalue weighted by atomic mass is 16.5. The minimum Gasteiger partial charge on any atom is -0.393 e. The van der Waals surface area contributed by atoms with Crippen LogP contribution in [0.2, 0.25) is 0 Å². The fraction of sp³-hybridized carbons (Fsp3) is 1.00. The molecule has 0 amide bonds. The van der Waals surface area contributed by atoms with Gasteiger partial charge in [0.1, 0.15) is 0 Å². The molecule has 1 atom stereocenters. The van der Waals surface area contributed by atoms with E-state index in [1.54, 1.807) is 7.11 Å². The predicted molar refractivity (Wildman–Crippen MR) is 69.7 cm³/mol. The molecule has 0 aromatic rings. The van der Waals surface area contributed by atoms with Crippen LogP contribution in [0, 0.1) is 0 Å². The standard InChI is InChI=1S/C14H30O2/c1-3-4-5-6-7-8-9-10-11-14(15)12-13-16-2/h14-15H,3-13H2,1-2H3. The third kappa shape index (κ3) is 12.0. The molecule has 0 spiro atoms. The predicted octanol–water partition coefficient (Wildman–Crippen LogP) is 3.91. The van der Waals surface area contributed by atoms with Gasteiger partial charge in [-0.3, -0.25) is 0 Å². The van der Waals surface area contributed by atoms with Crippen molar-refractivity contribution in [2.24, 2.45) is 0 Å². The number of aliphatic hydroxyl groups is 1. The van der Waals surface area contributed by atoms with E-state index < -0.39 is 0 Å². The molecular weight excluding hydrogens is 200 g/mol. The molecule has 0 aliphatic rings. The molecule has 0 aliphatic carbocycles. The van der Waals surface area contributed by atoms with Gasteiger partial charge in [0.15, 0.2) is 0 Å². The number of ether oxygens (including phenoxy) is 1. The van der Waals surface area contributed by atoms with Crippen LogP contribution in [0.15, 0.2) is 0 Å². The van der Waals surface area contributed by atoms with E-state index in [0.717, 1.165) is 12.8 Å². The van der Waals surface area contributed by atoms with E-state index in [2.05, 4.69) is 6.92 Å². The molecule has 0 saturated carbocycles. The Bertz CT molecular complexity index is 126. The lowest BCUT2D eigenvalue weighted by atomic mass is 10.0. The van der Waals surface area contributed by atoms with Crippen LogP contribution in [0.5, 0.6) is 0 Å². The first-order chi connectivity index (χ1) is 7.81. The quantitative estimate of drug-likeness (QED) is 0.515. The third-order valence-electron chi connectivity index (χ3n) is 3.05. The van der Waals surface area contributed by atoms with E-state index in [-0.39, 0.29) is 6.10 Å². The smallest absolute Gasteiger partial charge is 0.0562 e. The van der Waals surface area contributed by atoms with Crippen LogP contribution in [0.3, 0.4) is 0 Å². The van der Waals surface area contributed by atoms with E-state index in [0.29, 0.717) is 6.61 Å². The molecule has 0 aromatic heterocycles. The molecule has 0 fully saturated rings. The zero-order valence-electron chi connectivity index (χ0n) is 11.2. The summed E-state index contributed by atoms with van der Waals surface area (Å²) in [6.07, 6.45) is 12.2. The highest BCUT2D eigenvalue weighted by Crippen LogP contribution is 2.11. The average molecular weight is 230 g/mol. The topological polar surface area (TPSA) is 29.5 Å². The fourth-order valence-electron chi connectivity index (χ4n) is 1.91.